The van der Waals surface area contributed by atoms with Crippen LogP contribution < -0.4 is 4.74 Å². The van der Waals surface area contributed by atoms with Crippen LogP contribution in [0.3, 0.4) is 0 Å². The summed E-state index contributed by atoms with van der Waals surface area (Å²) in [4.78, 5) is 2.32. The standard InChI is InChI=1S/C17H17Cl2NO3S/c1-20(2)16-9-13-14(7-10(18)8-15(13)19)17(16)23-11-3-5-12(6-4-11)24(21)22/h3-8,16-17H,9H2,1-2H3,(H,21,22)/p-1/t16-,17-/m0/s1. The first kappa shape index (κ1) is 17.7. The molecule has 0 amide bonds. The minimum Gasteiger partial charge on any atom is -0.768 e. The lowest BCUT2D eigenvalue weighted by atomic mass is 10.1. The molecule has 0 fully saturated rings. The van der Waals surface area contributed by atoms with Gasteiger partial charge in [-0.25, -0.2) is 0 Å². The van der Waals surface area contributed by atoms with Crippen LogP contribution in [0.5, 0.6) is 5.75 Å². The third kappa shape index (κ3) is 3.46. The molecule has 2 aromatic carbocycles. The molecular weight excluding hydrogens is 369 g/mol. The molecular formula is C17H16Cl2NO3S-. The van der Waals surface area contributed by atoms with Gasteiger partial charge in [0.1, 0.15) is 11.9 Å². The average molecular weight is 385 g/mol. The van der Waals surface area contributed by atoms with Gasteiger partial charge in [0.2, 0.25) is 0 Å². The number of rotatable bonds is 4. The van der Waals surface area contributed by atoms with E-state index in [9.17, 15) is 8.76 Å². The van der Waals surface area contributed by atoms with Crippen LogP contribution in [0.15, 0.2) is 41.3 Å². The van der Waals surface area contributed by atoms with E-state index < -0.39 is 11.1 Å². The van der Waals surface area contributed by atoms with E-state index in [4.69, 9.17) is 27.9 Å². The van der Waals surface area contributed by atoms with Gasteiger partial charge in [-0.1, -0.05) is 23.2 Å². The van der Waals surface area contributed by atoms with Crippen LogP contribution >= 0.6 is 23.2 Å². The maximum atomic E-state index is 11.0. The van der Waals surface area contributed by atoms with Crippen molar-refractivity contribution >= 4 is 34.3 Å². The Morgan fingerprint density at radius 2 is 1.88 bits per heavy atom. The Hall–Kier alpha value is -1.11. The Morgan fingerprint density at radius 3 is 2.46 bits per heavy atom. The molecule has 2 aromatic rings. The first-order valence-corrected chi connectivity index (χ1v) is 9.20. The largest absolute Gasteiger partial charge is 0.768 e. The number of nitrogens with zero attached hydrogens (tertiary/aromatic N) is 1. The van der Waals surface area contributed by atoms with Crippen LogP contribution in [0.2, 0.25) is 10.0 Å². The van der Waals surface area contributed by atoms with Crippen LogP contribution in [-0.2, 0) is 17.5 Å². The monoisotopic (exact) mass is 384 g/mol. The Kier molecular flexibility index (Phi) is 5.18. The van der Waals surface area contributed by atoms with Gasteiger partial charge >= 0.3 is 0 Å². The van der Waals surface area contributed by atoms with Crippen LogP contribution in [0, 0.1) is 0 Å². The second kappa shape index (κ2) is 7.02. The number of hydrogen-bond donors (Lipinski definition) is 0. The minimum absolute atomic E-state index is 0.115. The van der Waals surface area contributed by atoms with Gasteiger partial charge in [-0.15, -0.1) is 0 Å². The van der Waals surface area contributed by atoms with Crippen molar-refractivity contribution in [2.24, 2.45) is 0 Å². The lowest BCUT2D eigenvalue weighted by molar-refractivity contribution is 0.111. The predicted octanol–water partition coefficient (Wildman–Crippen LogP) is 3.84. The molecule has 1 aliphatic rings. The summed E-state index contributed by atoms with van der Waals surface area (Å²) in [6.45, 7) is 0. The van der Waals surface area contributed by atoms with Gasteiger partial charge in [-0.3, -0.25) is 4.21 Å². The fourth-order valence-corrected chi connectivity index (χ4v) is 3.93. The lowest BCUT2D eigenvalue weighted by Crippen LogP contribution is -2.34. The van der Waals surface area contributed by atoms with Crippen LogP contribution in [0.25, 0.3) is 0 Å². The van der Waals surface area contributed by atoms with Gasteiger partial charge in [0, 0.05) is 20.5 Å². The van der Waals surface area contributed by atoms with Gasteiger partial charge in [0.15, 0.2) is 0 Å². The number of benzene rings is 2. The maximum Gasteiger partial charge on any atom is 0.140 e. The first-order valence-electron chi connectivity index (χ1n) is 7.37. The molecule has 1 unspecified atom stereocenters. The Labute approximate surface area is 153 Å². The smallest absolute Gasteiger partial charge is 0.140 e. The molecule has 7 heteroatoms. The summed E-state index contributed by atoms with van der Waals surface area (Å²) >= 11 is 10.3. The quantitative estimate of drug-likeness (QED) is 0.751. The zero-order valence-corrected chi connectivity index (χ0v) is 15.5. The zero-order valence-electron chi connectivity index (χ0n) is 13.2. The number of hydrogen-bond acceptors (Lipinski definition) is 4. The highest BCUT2D eigenvalue weighted by molar-refractivity contribution is 7.79. The van der Waals surface area contributed by atoms with Gasteiger partial charge in [-0.05, 0) is 73.6 Å². The molecule has 0 spiro atoms. The highest BCUT2D eigenvalue weighted by Gasteiger charge is 2.37. The molecule has 0 saturated heterocycles. The van der Waals surface area contributed by atoms with E-state index in [0.29, 0.717) is 15.8 Å². The normalized spacial score (nSPS) is 20.9. The summed E-state index contributed by atoms with van der Waals surface area (Å²) in [5.74, 6) is 0.602. The topological polar surface area (TPSA) is 52.6 Å². The minimum atomic E-state index is -2.25. The van der Waals surface area contributed by atoms with Crippen LogP contribution in [-0.4, -0.2) is 33.8 Å². The Morgan fingerprint density at radius 1 is 1.21 bits per heavy atom. The van der Waals surface area contributed by atoms with Gasteiger partial charge in [0.05, 0.1) is 6.04 Å². The maximum absolute atomic E-state index is 11.0. The van der Waals surface area contributed by atoms with E-state index in [2.05, 4.69) is 4.90 Å². The molecule has 4 nitrogen and oxygen atoms in total. The molecule has 0 radical (unpaired) electrons. The van der Waals surface area contributed by atoms with Crippen molar-refractivity contribution in [3.8, 4) is 5.75 Å². The van der Waals surface area contributed by atoms with Crippen molar-refractivity contribution < 1.29 is 13.5 Å². The second-order valence-electron chi connectivity index (χ2n) is 5.94. The Balaban J connectivity index is 1.94. The van der Waals surface area contributed by atoms with Crippen molar-refractivity contribution in [1.82, 2.24) is 4.90 Å². The van der Waals surface area contributed by atoms with Crippen molar-refractivity contribution in [1.29, 1.82) is 0 Å². The van der Waals surface area contributed by atoms with Gasteiger partial charge in [-0.2, -0.15) is 0 Å². The first-order chi connectivity index (χ1) is 11.4. The summed E-state index contributed by atoms with van der Waals surface area (Å²) in [6.07, 6.45) is 0.542. The lowest BCUT2D eigenvalue weighted by Gasteiger charge is -2.27. The molecule has 1 aliphatic carbocycles. The van der Waals surface area contributed by atoms with Crippen molar-refractivity contribution in [2.75, 3.05) is 14.1 Å². The van der Waals surface area contributed by atoms with E-state index in [1.165, 1.54) is 12.1 Å². The molecule has 0 heterocycles. The number of halogens is 2. The van der Waals surface area contributed by atoms with E-state index in [0.717, 1.165) is 17.5 Å². The summed E-state index contributed by atoms with van der Waals surface area (Å²) in [7, 11) is 3.98. The molecule has 0 aromatic heterocycles. The molecule has 24 heavy (non-hydrogen) atoms. The fraction of sp³-hybridized carbons (Fsp3) is 0.294. The summed E-state index contributed by atoms with van der Waals surface area (Å²) < 4.78 is 28.1. The fourth-order valence-electron chi connectivity index (χ4n) is 2.99. The number of likely N-dealkylation sites (N-methyl/N-ethyl adjacent to an activating group) is 1. The second-order valence-corrected chi connectivity index (χ2v) is 7.72. The molecule has 0 N–H and O–H groups in total. The van der Waals surface area contributed by atoms with E-state index in [-0.39, 0.29) is 17.0 Å². The number of fused-ring (bicyclic) bond motifs is 1. The molecule has 0 bridgehead atoms. The van der Waals surface area contributed by atoms with E-state index in [1.54, 1.807) is 18.2 Å². The number of ether oxygens (including phenoxy) is 1. The van der Waals surface area contributed by atoms with Crippen molar-refractivity contribution in [3.05, 3.63) is 57.6 Å². The van der Waals surface area contributed by atoms with Gasteiger partial charge in [0.25, 0.3) is 0 Å². The van der Waals surface area contributed by atoms with Crippen LogP contribution in [0.4, 0.5) is 0 Å². The molecule has 0 aliphatic heterocycles. The average Bonchev–Trinajstić information content (AvgIpc) is 2.87. The molecule has 3 atom stereocenters. The molecule has 0 saturated carbocycles. The van der Waals surface area contributed by atoms with Crippen molar-refractivity contribution in [2.45, 2.75) is 23.5 Å². The highest BCUT2D eigenvalue weighted by atomic mass is 35.5. The zero-order chi connectivity index (χ0) is 17.4. The van der Waals surface area contributed by atoms with Crippen LogP contribution in [0.1, 0.15) is 17.2 Å². The van der Waals surface area contributed by atoms with E-state index in [1.807, 2.05) is 20.2 Å². The third-order valence-corrected chi connectivity index (χ3v) is 5.42. The SMILES string of the molecule is CN(C)[C@H]1Cc2c(Cl)cc(Cl)cc2[C@@H]1Oc1ccc(S(=O)[O-])cc1. The van der Waals surface area contributed by atoms with Gasteiger partial charge < -0.3 is 14.2 Å². The van der Waals surface area contributed by atoms with Crippen molar-refractivity contribution in [3.63, 3.8) is 0 Å². The highest BCUT2D eigenvalue weighted by Crippen LogP contribution is 2.42. The summed E-state index contributed by atoms with van der Waals surface area (Å²) in [6, 6.07) is 10.1. The van der Waals surface area contributed by atoms with E-state index >= 15 is 0 Å². The molecule has 3 rings (SSSR count). The summed E-state index contributed by atoms with van der Waals surface area (Å²) in [5.41, 5.74) is 2.02. The Bertz CT molecular complexity index is 780. The predicted molar refractivity (Wildman–Crippen MR) is 94.6 cm³/mol. The molecule has 128 valence electrons. The third-order valence-electron chi connectivity index (χ3n) is 4.21. The summed E-state index contributed by atoms with van der Waals surface area (Å²) in [5, 5.41) is 1.22.